The molecule has 6 aromatic carbocycles. The van der Waals surface area contributed by atoms with E-state index in [1.807, 2.05) is 12.1 Å². The minimum Gasteiger partial charge on any atom is -0.500 e. The first-order chi connectivity index (χ1) is 53.6. The Morgan fingerprint density at radius 1 is 0.513 bits per heavy atom. The van der Waals surface area contributed by atoms with Crippen molar-refractivity contribution in [2.45, 2.75) is 72.7 Å². The van der Waals surface area contributed by atoms with Gasteiger partial charge in [0.2, 0.25) is 0 Å². The predicted octanol–water partition coefficient (Wildman–Crippen LogP) is 12.8. The molecule has 2 heterocycles. The number of aromatic amines is 1. The van der Waals surface area contributed by atoms with Crippen LogP contribution in [0.25, 0.3) is 11.4 Å². The molecule has 8 aromatic rings. The molecule has 0 bridgehead atoms. The summed E-state index contributed by atoms with van der Waals surface area (Å²) >= 11 is 14.5. The van der Waals surface area contributed by atoms with Crippen LogP contribution in [-0.4, -0.2) is 129 Å². The van der Waals surface area contributed by atoms with Crippen LogP contribution in [0, 0.1) is 0 Å². The van der Waals surface area contributed by atoms with Crippen LogP contribution in [0.2, 0.25) is 10.0 Å². The molecule has 0 aliphatic rings. The lowest BCUT2D eigenvalue weighted by molar-refractivity contribution is -0.157. The molecule has 0 radical (unpaired) electrons. The van der Waals surface area contributed by atoms with Crippen molar-refractivity contribution < 1.29 is 112 Å². The summed E-state index contributed by atoms with van der Waals surface area (Å²) in [6.07, 6.45) is -4.71. The fourth-order valence-corrected chi connectivity index (χ4v) is 9.80. The van der Waals surface area contributed by atoms with Gasteiger partial charge in [0.05, 0.1) is 107 Å². The Morgan fingerprint density at radius 2 is 0.912 bits per heavy atom. The van der Waals surface area contributed by atoms with Gasteiger partial charge in [-0.15, -0.1) is 0 Å². The maximum atomic E-state index is 13.2. The number of anilines is 2. The summed E-state index contributed by atoms with van der Waals surface area (Å²) < 4.78 is 132. The number of carbonyl (C=O) groups is 7. The Bertz CT molecular complexity index is 4800. The number of nitrogens with two attached hydrogens (primary N) is 1. The summed E-state index contributed by atoms with van der Waals surface area (Å²) in [5.41, 5.74) is 1.45. The topological polar surface area (TPSA) is 358 Å². The Morgan fingerprint density at radius 3 is 1.33 bits per heavy atom. The molecule has 0 saturated carbocycles. The monoisotopic (exact) mass is 1690 g/mol. The fraction of sp³-hybridized carbons (Fsp3) is 0.276. The van der Waals surface area contributed by atoms with Gasteiger partial charge in [-0.3, -0.25) is 33.1 Å². The van der Waals surface area contributed by atoms with Gasteiger partial charge in [-0.25, -0.2) is 38.4 Å². The van der Waals surface area contributed by atoms with Crippen molar-refractivity contribution in [2.24, 2.45) is 0 Å². The van der Waals surface area contributed by atoms with Gasteiger partial charge in [-0.2, -0.15) is 26.3 Å². The Kier molecular flexibility index (Phi) is 40.3. The second-order valence-corrected chi connectivity index (χ2v) is 22.8. The Hall–Kier alpha value is -12.1. The molecular formula is C76H79BrCl2F6N6O22. The van der Waals surface area contributed by atoms with Crippen LogP contribution in [-0.2, 0) is 81.4 Å². The smallest absolute Gasteiger partial charge is 0.417 e. The first-order valence-corrected chi connectivity index (χ1v) is 35.1. The minimum atomic E-state index is -4.73. The van der Waals surface area contributed by atoms with Gasteiger partial charge in [0.15, 0.2) is 11.1 Å². The van der Waals surface area contributed by atoms with E-state index in [-0.39, 0.29) is 67.1 Å². The van der Waals surface area contributed by atoms with Crippen molar-refractivity contribution in [2.75, 3.05) is 79.1 Å². The molecule has 0 spiro atoms. The van der Waals surface area contributed by atoms with E-state index in [0.29, 0.717) is 44.1 Å². The molecule has 37 heteroatoms. The molecule has 0 atom stereocenters. The number of H-pyrrole nitrogens is 1. The molecule has 4 N–H and O–H groups in total. The van der Waals surface area contributed by atoms with Crippen molar-refractivity contribution >= 4 is 92.3 Å². The number of rotatable bonds is 24. The Balaban J connectivity index is 0.000000367. The number of alkyl halides is 7. The van der Waals surface area contributed by atoms with Gasteiger partial charge < -0.3 is 63.2 Å². The van der Waals surface area contributed by atoms with Crippen molar-refractivity contribution in [3.05, 3.63) is 255 Å². The van der Waals surface area contributed by atoms with Crippen LogP contribution < -0.4 is 52.5 Å². The van der Waals surface area contributed by atoms with E-state index in [9.17, 15) is 79.1 Å². The SMILES string of the molecule is CCO/C=C(/C(=O)OCC)C(=O)OC(C)=O.CCOC(=O)C(=CNc1ccc(OC)cc1)C(=O)OCC.CCOC(=O)c1cn(-c2ccc(OC)cc2)c(=O)[nH]c1=O.CCOC(=O)c1cn(-c2ccc(OC)cc2)c(=O)n(Cc2cccc(C(F)(F)F)c2Cl)c1=O.COc1ccc(N)cc1.FC(F)(F)c1cccc(CBr)c1Cl. The lowest BCUT2D eigenvalue weighted by Gasteiger charge is -2.15. The Labute approximate surface area is 660 Å². The van der Waals surface area contributed by atoms with Gasteiger partial charge in [-0.1, -0.05) is 63.4 Å². The quantitative estimate of drug-likeness (QED) is 0.00582. The predicted molar refractivity (Wildman–Crippen MR) is 407 cm³/mol. The normalized spacial score (nSPS) is 10.5. The summed E-state index contributed by atoms with van der Waals surface area (Å²) in [5.74, 6) is -3.31. The van der Waals surface area contributed by atoms with E-state index in [1.54, 1.807) is 135 Å². The van der Waals surface area contributed by atoms with E-state index in [2.05, 4.69) is 35.7 Å². The van der Waals surface area contributed by atoms with Crippen LogP contribution in [0.4, 0.5) is 37.7 Å². The number of nitrogen functional groups attached to an aromatic ring is 1. The number of hydrogen-bond donors (Lipinski definition) is 3. The summed E-state index contributed by atoms with van der Waals surface area (Å²) in [4.78, 5) is 132. The maximum Gasteiger partial charge on any atom is 0.417 e. The maximum absolute atomic E-state index is 13.2. The van der Waals surface area contributed by atoms with Crippen LogP contribution in [0.15, 0.2) is 189 Å². The highest BCUT2D eigenvalue weighted by Gasteiger charge is 2.35. The standard InChI is InChI=1S/C22H18ClF3N2O5.C15H19NO5.C14H14N2O5.C10H14O6.C8H5BrClF3.C7H9NO/c1-3-33-20(30)16-12-27(14-7-9-15(32-2)10-8-14)21(31)28(19(16)29)11-13-5-4-6-17(18(13)23)22(24,25)26;1-4-20-14(17)13(15(18)21-5-2)10-16-11-6-8-12(19-3)9-7-11;1-3-21-13(18)11-8-16(14(19)15-12(11)17)9-4-6-10(20-2)7-5-9;1-4-14-6-8(9(12)15-5-2)10(13)16-7(3)11;9-4-5-2-1-3-6(7(5)10)8(11,12)13;1-9-7-4-2-6(8)3-5-7/h4-10,12H,3,11H2,1-2H3;6-10,16H,4-5H2,1-3H3;4-8H,3H2,1-2H3,(H,15,17,19);6H,4-5H2,1-3H3;1-3H,4H2;2-5H,8H2,1H3/b;;;8-6-;;. The summed E-state index contributed by atoms with van der Waals surface area (Å²) in [6.45, 7) is 11.1. The number of nitrogens with one attached hydrogen (secondary N) is 2. The molecule has 0 unspecified atom stereocenters. The number of ether oxygens (including phenoxy) is 11. The lowest BCUT2D eigenvalue weighted by Crippen LogP contribution is -2.42. The number of halogens is 9. The second kappa shape index (κ2) is 47.8. The third-order valence-corrected chi connectivity index (χ3v) is 15.4. The number of hydrogen-bond acceptors (Lipinski definition) is 24. The fourth-order valence-electron chi connectivity index (χ4n) is 8.58. The number of nitrogens with zero attached hydrogens (tertiary/aromatic N) is 3. The molecule has 0 fully saturated rings. The molecule has 0 aliphatic heterocycles. The molecule has 0 aliphatic carbocycles. The second-order valence-electron chi connectivity index (χ2n) is 21.5. The minimum absolute atomic E-state index is 0.0284. The highest BCUT2D eigenvalue weighted by molar-refractivity contribution is 9.08. The summed E-state index contributed by atoms with van der Waals surface area (Å²) in [5, 5.41) is 2.30. The zero-order chi connectivity index (χ0) is 84.7. The lowest BCUT2D eigenvalue weighted by atomic mass is 10.1. The van der Waals surface area contributed by atoms with Gasteiger partial charge in [0.1, 0.15) is 40.4 Å². The van der Waals surface area contributed by atoms with Crippen LogP contribution in [0.1, 0.15) is 91.4 Å². The molecule has 28 nitrogen and oxygen atoms in total. The van der Waals surface area contributed by atoms with Gasteiger partial charge >= 0.3 is 65.5 Å². The van der Waals surface area contributed by atoms with Crippen molar-refractivity contribution in [3.63, 3.8) is 0 Å². The van der Waals surface area contributed by atoms with Crippen LogP contribution in [0.5, 0.6) is 23.0 Å². The zero-order valence-corrected chi connectivity index (χ0v) is 65.6. The van der Waals surface area contributed by atoms with E-state index in [0.717, 1.165) is 58.2 Å². The van der Waals surface area contributed by atoms with Crippen molar-refractivity contribution in [1.82, 2.24) is 18.7 Å². The first-order valence-electron chi connectivity index (χ1n) is 33.3. The first kappa shape index (κ1) is 95.1. The number of benzene rings is 6. The average molecular weight is 1690 g/mol. The average Bonchev–Trinajstić information content (AvgIpc) is 0.762. The number of carbonyl (C=O) groups excluding carboxylic acids is 7. The molecule has 2 aromatic heterocycles. The number of methoxy groups -OCH3 is 4. The summed E-state index contributed by atoms with van der Waals surface area (Å²) in [6, 6.07) is 34.0. The van der Waals surface area contributed by atoms with E-state index in [1.165, 1.54) is 50.9 Å². The van der Waals surface area contributed by atoms with Gasteiger partial charge in [0, 0.05) is 42.2 Å². The molecular weight excluding hydrogens is 1610 g/mol. The van der Waals surface area contributed by atoms with E-state index < -0.39 is 110 Å². The molecule has 0 saturated heterocycles. The molecule has 8 rings (SSSR count). The third-order valence-electron chi connectivity index (χ3n) is 13.9. The molecule has 113 heavy (non-hydrogen) atoms. The summed E-state index contributed by atoms with van der Waals surface area (Å²) in [7, 11) is 6.19. The number of aromatic nitrogens is 4. The third kappa shape index (κ3) is 30.2. The molecule has 608 valence electrons. The van der Waals surface area contributed by atoms with E-state index >= 15 is 0 Å². The zero-order valence-electron chi connectivity index (χ0n) is 62.5. The van der Waals surface area contributed by atoms with Crippen LogP contribution in [0.3, 0.4) is 0 Å². The van der Waals surface area contributed by atoms with Gasteiger partial charge in [-0.05, 0) is 162 Å². The molecule has 0 amide bonds. The highest BCUT2D eigenvalue weighted by Crippen LogP contribution is 2.38. The van der Waals surface area contributed by atoms with Crippen molar-refractivity contribution in [3.8, 4) is 34.4 Å². The number of esters is 7. The van der Waals surface area contributed by atoms with Crippen molar-refractivity contribution in [1.29, 1.82) is 0 Å². The largest absolute Gasteiger partial charge is 0.500 e. The van der Waals surface area contributed by atoms with E-state index in [4.69, 9.17) is 71.6 Å². The highest BCUT2D eigenvalue weighted by atomic mass is 79.9. The van der Waals surface area contributed by atoms with Gasteiger partial charge in [0.25, 0.3) is 11.1 Å². The van der Waals surface area contributed by atoms with Crippen LogP contribution >= 0.6 is 39.1 Å².